The van der Waals surface area contributed by atoms with Crippen LogP contribution in [0.2, 0.25) is 10.0 Å². The maximum Gasteiger partial charge on any atom is 0.235 e. The van der Waals surface area contributed by atoms with Crippen molar-refractivity contribution >= 4 is 23.2 Å². The van der Waals surface area contributed by atoms with Crippen molar-refractivity contribution in [1.82, 2.24) is 4.98 Å². The molecule has 5 nitrogen and oxygen atoms in total. The molecule has 1 unspecified atom stereocenters. The van der Waals surface area contributed by atoms with Crippen molar-refractivity contribution in [2.24, 2.45) is 5.73 Å². The van der Waals surface area contributed by atoms with Gasteiger partial charge in [-0.3, -0.25) is 0 Å². The molecule has 2 N–H and O–H groups in total. The third-order valence-corrected chi connectivity index (χ3v) is 3.37. The summed E-state index contributed by atoms with van der Waals surface area (Å²) >= 11 is 12.0. The Hall–Kier alpha value is -1.74. The number of hydrogen-bond donors (Lipinski definition) is 1. The van der Waals surface area contributed by atoms with E-state index in [9.17, 15) is 0 Å². The van der Waals surface area contributed by atoms with Crippen molar-refractivity contribution < 1.29 is 9.15 Å². The zero-order chi connectivity index (χ0) is 14.5. The summed E-state index contributed by atoms with van der Waals surface area (Å²) in [5.74, 6) is 0.577. The van der Waals surface area contributed by atoms with Gasteiger partial charge in [0.15, 0.2) is 11.9 Å². The minimum absolute atomic E-state index is 0.180. The lowest BCUT2D eigenvalue weighted by Crippen LogP contribution is -2.14. The lowest BCUT2D eigenvalue weighted by molar-refractivity contribution is 0.162. The third-order valence-electron chi connectivity index (χ3n) is 2.59. The monoisotopic (exact) mass is 311 g/mol. The molecule has 0 amide bonds. The van der Waals surface area contributed by atoms with Gasteiger partial charge in [0.25, 0.3) is 0 Å². The standard InChI is InChI=1S/C13H11Cl2N3O2/c14-9-2-1-8(7-17)12(11(9)15)20-10(3-4-16)13-18-5-6-19-13/h1-2,5-6,10H,3-4,16H2. The molecule has 2 aromatic rings. The third kappa shape index (κ3) is 3.05. The van der Waals surface area contributed by atoms with Crippen molar-refractivity contribution in [3.8, 4) is 11.8 Å². The first-order chi connectivity index (χ1) is 9.67. The van der Waals surface area contributed by atoms with Gasteiger partial charge in [0.2, 0.25) is 5.89 Å². The Bertz CT molecular complexity index is 623. The van der Waals surface area contributed by atoms with Crippen molar-refractivity contribution in [2.45, 2.75) is 12.5 Å². The Morgan fingerprint density at radius 3 is 2.85 bits per heavy atom. The smallest absolute Gasteiger partial charge is 0.235 e. The minimum Gasteiger partial charge on any atom is -0.478 e. The van der Waals surface area contributed by atoms with Crippen LogP contribution in [0.5, 0.6) is 5.75 Å². The second-order valence-corrected chi connectivity index (χ2v) is 4.69. The molecule has 0 radical (unpaired) electrons. The van der Waals surface area contributed by atoms with Gasteiger partial charge in [-0.15, -0.1) is 0 Å². The van der Waals surface area contributed by atoms with Gasteiger partial charge >= 0.3 is 0 Å². The maximum absolute atomic E-state index is 9.11. The summed E-state index contributed by atoms with van der Waals surface area (Å²) in [5.41, 5.74) is 5.84. The van der Waals surface area contributed by atoms with E-state index in [1.807, 2.05) is 6.07 Å². The summed E-state index contributed by atoms with van der Waals surface area (Å²) in [6.07, 6.45) is 2.88. The zero-order valence-corrected chi connectivity index (χ0v) is 11.9. The summed E-state index contributed by atoms with van der Waals surface area (Å²) in [6, 6.07) is 5.09. The Balaban J connectivity index is 2.36. The van der Waals surface area contributed by atoms with E-state index in [1.165, 1.54) is 12.5 Å². The molecule has 1 aromatic carbocycles. The van der Waals surface area contributed by atoms with Crippen LogP contribution in [0.15, 0.2) is 29.0 Å². The highest BCUT2D eigenvalue weighted by Crippen LogP contribution is 2.37. The van der Waals surface area contributed by atoms with Gasteiger partial charge < -0.3 is 14.9 Å². The van der Waals surface area contributed by atoms with E-state index in [1.54, 1.807) is 12.1 Å². The largest absolute Gasteiger partial charge is 0.478 e. The Morgan fingerprint density at radius 2 is 2.25 bits per heavy atom. The molecule has 0 aliphatic rings. The van der Waals surface area contributed by atoms with Crippen LogP contribution in [-0.2, 0) is 0 Å². The lowest BCUT2D eigenvalue weighted by atomic mass is 10.2. The number of aromatic nitrogens is 1. The van der Waals surface area contributed by atoms with Crippen molar-refractivity contribution in [1.29, 1.82) is 5.26 Å². The predicted molar refractivity (Wildman–Crippen MR) is 74.7 cm³/mol. The van der Waals surface area contributed by atoms with E-state index in [2.05, 4.69) is 4.98 Å². The van der Waals surface area contributed by atoms with Gasteiger partial charge in [-0.1, -0.05) is 23.2 Å². The van der Waals surface area contributed by atoms with Crippen LogP contribution in [-0.4, -0.2) is 11.5 Å². The van der Waals surface area contributed by atoms with E-state index in [0.717, 1.165) is 0 Å². The minimum atomic E-state index is -0.530. The first-order valence-corrected chi connectivity index (χ1v) is 6.57. The molecule has 0 aliphatic carbocycles. The molecular formula is C13H11Cl2N3O2. The fourth-order valence-electron chi connectivity index (χ4n) is 1.66. The molecule has 1 atom stereocenters. The number of halogens is 2. The Labute approximate surface area is 125 Å². The maximum atomic E-state index is 9.11. The molecular weight excluding hydrogens is 301 g/mol. The Morgan fingerprint density at radius 1 is 1.45 bits per heavy atom. The number of nitrogens with zero attached hydrogens (tertiary/aromatic N) is 2. The van der Waals surface area contributed by atoms with Crippen LogP contribution in [0.25, 0.3) is 0 Å². The van der Waals surface area contributed by atoms with Crippen LogP contribution >= 0.6 is 23.2 Å². The quantitative estimate of drug-likeness (QED) is 0.915. The van der Waals surface area contributed by atoms with Gasteiger partial charge in [0.05, 0.1) is 16.8 Å². The van der Waals surface area contributed by atoms with Gasteiger partial charge in [0, 0.05) is 6.42 Å². The fourth-order valence-corrected chi connectivity index (χ4v) is 2.01. The molecule has 0 aliphatic heterocycles. The number of rotatable bonds is 5. The zero-order valence-electron chi connectivity index (χ0n) is 10.3. The summed E-state index contributed by atoms with van der Waals surface area (Å²) in [5, 5.41) is 9.60. The summed E-state index contributed by atoms with van der Waals surface area (Å²) in [7, 11) is 0. The molecule has 0 bridgehead atoms. The van der Waals surface area contributed by atoms with Crippen LogP contribution in [0.1, 0.15) is 24.0 Å². The van der Waals surface area contributed by atoms with Crippen molar-refractivity contribution in [2.75, 3.05) is 6.54 Å². The first kappa shape index (κ1) is 14.7. The highest BCUT2D eigenvalue weighted by molar-refractivity contribution is 6.43. The molecule has 0 fully saturated rings. The molecule has 7 heteroatoms. The molecule has 0 saturated carbocycles. The number of nitriles is 1. The van der Waals surface area contributed by atoms with E-state index in [4.69, 9.17) is 43.4 Å². The van der Waals surface area contributed by atoms with Gasteiger partial charge in [-0.25, -0.2) is 4.98 Å². The van der Waals surface area contributed by atoms with Crippen LogP contribution < -0.4 is 10.5 Å². The SMILES string of the molecule is N#Cc1ccc(Cl)c(Cl)c1OC(CCN)c1ncco1. The highest BCUT2D eigenvalue weighted by atomic mass is 35.5. The number of benzene rings is 1. The second-order valence-electron chi connectivity index (χ2n) is 3.90. The van der Waals surface area contributed by atoms with E-state index in [0.29, 0.717) is 23.9 Å². The molecule has 1 heterocycles. The normalized spacial score (nSPS) is 11.9. The summed E-state index contributed by atoms with van der Waals surface area (Å²) in [6.45, 7) is 0.368. The number of oxazole rings is 1. The molecule has 20 heavy (non-hydrogen) atoms. The summed E-state index contributed by atoms with van der Waals surface area (Å²) in [4.78, 5) is 4.03. The second kappa shape index (κ2) is 6.62. The van der Waals surface area contributed by atoms with Gasteiger partial charge in [-0.05, 0) is 18.7 Å². The average molecular weight is 312 g/mol. The lowest BCUT2D eigenvalue weighted by Gasteiger charge is -2.17. The van der Waals surface area contributed by atoms with Gasteiger partial charge in [0.1, 0.15) is 17.4 Å². The first-order valence-electron chi connectivity index (χ1n) is 5.81. The van der Waals surface area contributed by atoms with Crippen LogP contribution in [0, 0.1) is 11.3 Å². The highest BCUT2D eigenvalue weighted by Gasteiger charge is 2.21. The topological polar surface area (TPSA) is 85.1 Å². The molecule has 104 valence electrons. The fraction of sp³-hybridized carbons (Fsp3) is 0.231. The van der Waals surface area contributed by atoms with Crippen molar-refractivity contribution in [3.05, 3.63) is 46.1 Å². The number of nitrogens with two attached hydrogens (primary N) is 1. The molecule has 2 rings (SSSR count). The Kier molecular flexibility index (Phi) is 4.85. The van der Waals surface area contributed by atoms with Gasteiger partial charge in [-0.2, -0.15) is 5.26 Å². The van der Waals surface area contributed by atoms with E-state index in [-0.39, 0.29) is 16.3 Å². The molecule has 0 saturated heterocycles. The average Bonchev–Trinajstić information content (AvgIpc) is 2.97. The molecule has 0 spiro atoms. The molecule has 1 aromatic heterocycles. The van der Waals surface area contributed by atoms with E-state index >= 15 is 0 Å². The number of ether oxygens (including phenoxy) is 1. The van der Waals surface area contributed by atoms with Crippen LogP contribution in [0.3, 0.4) is 0 Å². The van der Waals surface area contributed by atoms with Crippen LogP contribution in [0.4, 0.5) is 0 Å². The van der Waals surface area contributed by atoms with E-state index < -0.39 is 6.10 Å². The van der Waals surface area contributed by atoms with Crippen molar-refractivity contribution in [3.63, 3.8) is 0 Å². The summed E-state index contributed by atoms with van der Waals surface area (Å²) < 4.78 is 11.0. The number of hydrogen-bond acceptors (Lipinski definition) is 5. The predicted octanol–water partition coefficient (Wildman–Crippen LogP) is 3.32.